The molecule has 11 heteroatoms. The molecule has 2 amide bonds. The van der Waals surface area contributed by atoms with E-state index in [0.717, 1.165) is 0 Å². The van der Waals surface area contributed by atoms with Crippen LogP contribution in [0.3, 0.4) is 0 Å². The van der Waals surface area contributed by atoms with Crippen LogP contribution in [0.4, 0.5) is 0 Å². The molecule has 202 valence electrons. The first-order valence-corrected chi connectivity index (χ1v) is 12.4. The van der Waals surface area contributed by atoms with Crippen LogP contribution in [0, 0.1) is 27.7 Å². The smallest absolute Gasteiger partial charge is 0.423 e. The van der Waals surface area contributed by atoms with Crippen LogP contribution in [0.15, 0.2) is 42.5 Å². The van der Waals surface area contributed by atoms with Crippen molar-refractivity contribution in [1.29, 1.82) is 0 Å². The lowest BCUT2D eigenvalue weighted by Gasteiger charge is -2.15. The lowest BCUT2D eigenvalue weighted by atomic mass is 9.75. The van der Waals surface area contributed by atoms with Gasteiger partial charge in [0, 0.05) is 29.8 Å². The Morgan fingerprint density at radius 3 is 1.36 bits per heavy atom. The summed E-state index contributed by atoms with van der Waals surface area (Å²) in [5.74, 6) is -0.857. The SMILES string of the molecule is CC(=O)c1cc(CNC(=O)c2ccc(B(O)O)c(C)c2C)cc(CNC(=O)c2ccc(B(O)O)c(C)c2C)c1. The van der Waals surface area contributed by atoms with Gasteiger partial charge in [-0.15, -0.1) is 0 Å². The second kappa shape index (κ2) is 12.4. The fraction of sp³-hybridized carbons (Fsp3) is 0.250. The summed E-state index contributed by atoms with van der Waals surface area (Å²) in [5.41, 5.74) is 5.73. The van der Waals surface area contributed by atoms with Gasteiger partial charge in [-0.2, -0.15) is 0 Å². The van der Waals surface area contributed by atoms with Crippen molar-refractivity contribution in [3.8, 4) is 0 Å². The van der Waals surface area contributed by atoms with Crippen molar-refractivity contribution in [1.82, 2.24) is 10.6 Å². The van der Waals surface area contributed by atoms with Crippen molar-refractivity contribution in [3.63, 3.8) is 0 Å². The first kappa shape index (κ1) is 29.8. The highest BCUT2D eigenvalue weighted by molar-refractivity contribution is 6.59. The minimum absolute atomic E-state index is 0.132. The highest BCUT2D eigenvalue weighted by Crippen LogP contribution is 2.16. The normalized spacial score (nSPS) is 10.7. The van der Waals surface area contributed by atoms with E-state index in [1.54, 1.807) is 45.9 Å². The summed E-state index contributed by atoms with van der Waals surface area (Å²) in [4.78, 5) is 37.9. The van der Waals surface area contributed by atoms with Crippen LogP contribution in [-0.4, -0.2) is 51.9 Å². The molecule has 0 bridgehead atoms. The van der Waals surface area contributed by atoms with Gasteiger partial charge in [-0.3, -0.25) is 14.4 Å². The minimum Gasteiger partial charge on any atom is -0.423 e. The van der Waals surface area contributed by atoms with Crippen LogP contribution >= 0.6 is 0 Å². The summed E-state index contributed by atoms with van der Waals surface area (Å²) in [6.07, 6.45) is 0. The van der Waals surface area contributed by atoms with Crippen LogP contribution in [0.25, 0.3) is 0 Å². The molecule has 0 saturated carbocycles. The monoisotopic (exact) mass is 530 g/mol. The van der Waals surface area contributed by atoms with Crippen molar-refractivity contribution in [2.75, 3.05) is 0 Å². The van der Waals surface area contributed by atoms with Crippen LogP contribution in [-0.2, 0) is 13.1 Å². The zero-order valence-corrected chi connectivity index (χ0v) is 22.6. The molecule has 0 spiro atoms. The number of hydrogen-bond acceptors (Lipinski definition) is 7. The molecule has 0 unspecified atom stereocenters. The fourth-order valence-corrected chi connectivity index (χ4v) is 4.46. The van der Waals surface area contributed by atoms with Crippen molar-refractivity contribution < 1.29 is 34.5 Å². The number of Topliss-reactive ketones (excluding diaryl/α,β-unsaturated/α-hetero) is 1. The molecule has 3 rings (SSSR count). The first-order chi connectivity index (χ1) is 18.3. The average Bonchev–Trinajstić information content (AvgIpc) is 2.88. The fourth-order valence-electron chi connectivity index (χ4n) is 4.46. The van der Waals surface area contributed by atoms with E-state index in [2.05, 4.69) is 10.6 Å². The molecule has 3 aromatic carbocycles. The standard InChI is InChI=1S/C28H32B2N2O7/c1-15-17(3)25(29(36)37)8-6-23(15)27(34)31-13-20-10-21(12-22(11-20)19(5)33)14-32-28(35)24-7-9-26(30(38)39)18(4)16(24)2/h6-12,36-39H,13-14H2,1-5H3,(H,31,34)(H,32,35). The first-order valence-electron chi connectivity index (χ1n) is 12.4. The van der Waals surface area contributed by atoms with E-state index in [-0.39, 0.29) is 30.7 Å². The molecule has 0 saturated heterocycles. The molecule has 0 atom stereocenters. The van der Waals surface area contributed by atoms with Crippen molar-refractivity contribution >= 4 is 42.8 Å². The average molecular weight is 530 g/mol. The maximum Gasteiger partial charge on any atom is 0.488 e. The van der Waals surface area contributed by atoms with Crippen LogP contribution in [0.2, 0.25) is 0 Å². The molecule has 0 aliphatic rings. The number of hydrogen-bond donors (Lipinski definition) is 6. The molecule has 0 radical (unpaired) electrons. The second-order valence-electron chi connectivity index (χ2n) is 9.61. The van der Waals surface area contributed by atoms with Gasteiger partial charge >= 0.3 is 14.2 Å². The molecule has 6 N–H and O–H groups in total. The Hall–Kier alpha value is -3.76. The maximum atomic E-state index is 12.9. The van der Waals surface area contributed by atoms with Crippen molar-refractivity contribution in [2.45, 2.75) is 47.7 Å². The maximum absolute atomic E-state index is 12.9. The molecular formula is C28H32B2N2O7. The van der Waals surface area contributed by atoms with Gasteiger partial charge in [0.1, 0.15) is 0 Å². The predicted molar refractivity (Wildman–Crippen MR) is 150 cm³/mol. The summed E-state index contributed by atoms with van der Waals surface area (Å²) in [7, 11) is -3.26. The zero-order valence-electron chi connectivity index (χ0n) is 22.6. The quantitative estimate of drug-likeness (QED) is 0.172. The summed E-state index contributed by atoms with van der Waals surface area (Å²) in [6.45, 7) is 8.59. The van der Waals surface area contributed by atoms with E-state index in [1.165, 1.54) is 31.2 Å². The third-order valence-corrected chi connectivity index (χ3v) is 7.07. The van der Waals surface area contributed by atoms with E-state index >= 15 is 0 Å². The number of benzene rings is 3. The lowest BCUT2D eigenvalue weighted by molar-refractivity contribution is 0.0942. The molecule has 0 aliphatic carbocycles. The minimum atomic E-state index is -1.63. The Morgan fingerprint density at radius 2 is 1.03 bits per heavy atom. The van der Waals surface area contributed by atoms with Crippen molar-refractivity contribution in [3.05, 3.63) is 92.5 Å². The Kier molecular flexibility index (Phi) is 9.47. The van der Waals surface area contributed by atoms with Gasteiger partial charge < -0.3 is 30.7 Å². The lowest BCUT2D eigenvalue weighted by Crippen LogP contribution is -2.34. The molecule has 9 nitrogen and oxygen atoms in total. The van der Waals surface area contributed by atoms with Gasteiger partial charge in [-0.25, -0.2) is 0 Å². The van der Waals surface area contributed by atoms with Gasteiger partial charge in [-0.05, 0) is 103 Å². The highest BCUT2D eigenvalue weighted by atomic mass is 16.4. The molecule has 39 heavy (non-hydrogen) atoms. The third-order valence-electron chi connectivity index (χ3n) is 7.07. The largest absolute Gasteiger partial charge is 0.488 e. The highest BCUT2D eigenvalue weighted by Gasteiger charge is 2.20. The van der Waals surface area contributed by atoms with Crippen LogP contribution < -0.4 is 21.6 Å². The number of carbonyl (C=O) groups excluding carboxylic acids is 3. The van der Waals surface area contributed by atoms with E-state index < -0.39 is 14.2 Å². The molecule has 0 aliphatic heterocycles. The van der Waals surface area contributed by atoms with Crippen molar-refractivity contribution in [2.24, 2.45) is 0 Å². The summed E-state index contributed by atoms with van der Waals surface area (Å²) < 4.78 is 0. The number of ketones is 1. The molecule has 0 aromatic heterocycles. The predicted octanol–water partition coefficient (Wildman–Crippen LogP) is 0.342. The molecule has 0 fully saturated rings. The Balaban J connectivity index is 1.76. The summed E-state index contributed by atoms with van der Waals surface area (Å²) >= 11 is 0. The number of nitrogens with one attached hydrogen (secondary N) is 2. The zero-order chi connectivity index (χ0) is 29.0. The van der Waals surface area contributed by atoms with E-state index in [4.69, 9.17) is 0 Å². The topological polar surface area (TPSA) is 156 Å². The van der Waals surface area contributed by atoms with Gasteiger partial charge in [0.2, 0.25) is 0 Å². The van der Waals surface area contributed by atoms with Gasteiger partial charge in [0.15, 0.2) is 5.78 Å². The molecule has 0 heterocycles. The Morgan fingerprint density at radius 1 is 0.641 bits per heavy atom. The van der Waals surface area contributed by atoms with Crippen LogP contribution in [0.1, 0.15) is 71.4 Å². The second-order valence-corrected chi connectivity index (χ2v) is 9.61. The molecule has 3 aromatic rings. The summed E-state index contributed by atoms with van der Waals surface area (Å²) in [6, 6.07) is 11.2. The van der Waals surface area contributed by atoms with E-state index in [0.29, 0.717) is 61.0 Å². The number of amides is 2. The number of rotatable bonds is 9. The van der Waals surface area contributed by atoms with Gasteiger partial charge in [0.25, 0.3) is 11.8 Å². The third kappa shape index (κ3) is 6.82. The molecular weight excluding hydrogens is 498 g/mol. The van der Waals surface area contributed by atoms with Gasteiger partial charge in [-0.1, -0.05) is 18.2 Å². The number of carbonyl (C=O) groups is 3. The van der Waals surface area contributed by atoms with E-state index in [1.807, 2.05) is 0 Å². The van der Waals surface area contributed by atoms with Gasteiger partial charge in [0.05, 0.1) is 0 Å². The Labute approximate surface area is 228 Å². The Bertz CT molecular complexity index is 1340. The van der Waals surface area contributed by atoms with E-state index in [9.17, 15) is 34.5 Å². The summed E-state index contributed by atoms with van der Waals surface area (Å²) in [5, 5.41) is 43.6. The van der Waals surface area contributed by atoms with Crippen LogP contribution in [0.5, 0.6) is 0 Å².